The third-order valence-corrected chi connectivity index (χ3v) is 6.81. The molecule has 34 heavy (non-hydrogen) atoms. The molecule has 1 fully saturated rings. The van der Waals surface area contributed by atoms with Crippen LogP contribution >= 0.6 is 11.6 Å². The van der Waals surface area contributed by atoms with E-state index in [0.717, 1.165) is 18.5 Å². The Kier molecular flexibility index (Phi) is 6.10. The number of halogens is 1. The number of fused-ring (bicyclic) bond motifs is 4. The Morgan fingerprint density at radius 3 is 2.91 bits per heavy atom. The highest BCUT2D eigenvalue weighted by molar-refractivity contribution is 6.33. The monoisotopic (exact) mass is 472 g/mol. The molecule has 3 N–H and O–H groups in total. The molecule has 1 aromatic heterocycles. The predicted octanol–water partition coefficient (Wildman–Crippen LogP) is 4.67. The molecule has 5 rings (SSSR count). The molecule has 3 aromatic rings. The van der Waals surface area contributed by atoms with E-state index >= 15 is 0 Å². The standard InChI is InChI=1S/C26H25ClN6O/c1-3-12-33-18-10-11-23(33)20-14-17(9-8-16(20)13-18)30-26-29-15-21(27)24(32-26)31-22-7-5-4-6-19(22)25(34)28-2/h1,4-9,14-15,18,23H,10-13H2,2H3,(H,28,34)(H2,29,30,31,32). The zero-order valence-corrected chi connectivity index (χ0v) is 19.6. The Bertz CT molecular complexity index is 1290. The highest BCUT2D eigenvalue weighted by Gasteiger charge is 2.39. The summed E-state index contributed by atoms with van der Waals surface area (Å²) in [4.78, 5) is 23.6. The Morgan fingerprint density at radius 1 is 1.24 bits per heavy atom. The van der Waals surface area contributed by atoms with Gasteiger partial charge >= 0.3 is 0 Å². The van der Waals surface area contributed by atoms with E-state index in [1.165, 1.54) is 23.7 Å². The van der Waals surface area contributed by atoms with E-state index in [0.29, 0.717) is 46.7 Å². The summed E-state index contributed by atoms with van der Waals surface area (Å²) in [6, 6.07) is 14.5. The van der Waals surface area contributed by atoms with Crippen molar-refractivity contribution in [2.24, 2.45) is 0 Å². The van der Waals surface area contributed by atoms with Crippen LogP contribution in [0.4, 0.5) is 23.1 Å². The maximum Gasteiger partial charge on any atom is 0.253 e. The van der Waals surface area contributed by atoms with Gasteiger partial charge in [-0.1, -0.05) is 35.7 Å². The summed E-state index contributed by atoms with van der Waals surface area (Å²) in [5.41, 5.74) is 4.71. The lowest BCUT2D eigenvalue weighted by Gasteiger charge is -2.35. The van der Waals surface area contributed by atoms with Crippen LogP contribution in [0.1, 0.15) is 40.4 Å². The zero-order chi connectivity index (χ0) is 23.7. The zero-order valence-electron chi connectivity index (χ0n) is 18.8. The minimum Gasteiger partial charge on any atom is -0.355 e. The fourth-order valence-corrected chi connectivity index (χ4v) is 5.09. The SMILES string of the molecule is C#CCN1C2CCC1c1cc(Nc3ncc(Cl)c(Nc4ccccc4C(=O)NC)n3)ccc1C2. The van der Waals surface area contributed by atoms with Crippen LogP contribution < -0.4 is 16.0 Å². The Balaban J connectivity index is 1.39. The minimum absolute atomic E-state index is 0.200. The van der Waals surface area contributed by atoms with Gasteiger partial charge in [0.25, 0.3) is 5.91 Å². The number of hydrogen-bond acceptors (Lipinski definition) is 6. The summed E-state index contributed by atoms with van der Waals surface area (Å²) in [5, 5.41) is 9.46. The van der Waals surface area contributed by atoms with Crippen molar-refractivity contribution >= 4 is 40.6 Å². The van der Waals surface area contributed by atoms with Gasteiger partial charge in [0.05, 0.1) is 24.0 Å². The number of para-hydroxylation sites is 1. The molecular weight excluding hydrogens is 448 g/mol. The van der Waals surface area contributed by atoms with Crippen molar-refractivity contribution in [3.05, 3.63) is 70.4 Å². The molecule has 0 aliphatic carbocycles. The molecule has 0 saturated carbocycles. The summed E-state index contributed by atoms with van der Waals surface area (Å²) in [7, 11) is 1.59. The minimum atomic E-state index is -0.200. The fourth-order valence-electron chi connectivity index (χ4n) is 4.95. The van der Waals surface area contributed by atoms with E-state index < -0.39 is 0 Å². The molecule has 8 heteroatoms. The first kappa shape index (κ1) is 22.2. The summed E-state index contributed by atoms with van der Waals surface area (Å²) >= 11 is 6.36. The average molecular weight is 473 g/mol. The van der Waals surface area contributed by atoms with Gasteiger partial charge in [-0.05, 0) is 54.7 Å². The van der Waals surface area contributed by atoms with E-state index in [1.54, 1.807) is 25.2 Å². The van der Waals surface area contributed by atoms with Crippen molar-refractivity contribution in [2.45, 2.75) is 31.3 Å². The van der Waals surface area contributed by atoms with Gasteiger partial charge in [0.15, 0.2) is 5.82 Å². The Morgan fingerprint density at radius 2 is 2.09 bits per heavy atom. The number of benzene rings is 2. The van der Waals surface area contributed by atoms with Crippen LogP contribution in [0.5, 0.6) is 0 Å². The number of anilines is 4. The molecule has 0 radical (unpaired) electrons. The smallest absolute Gasteiger partial charge is 0.253 e. The van der Waals surface area contributed by atoms with Gasteiger partial charge in [-0.15, -0.1) is 6.42 Å². The topological polar surface area (TPSA) is 82.2 Å². The highest BCUT2D eigenvalue weighted by atomic mass is 35.5. The molecule has 1 amide bonds. The van der Waals surface area contributed by atoms with E-state index in [9.17, 15) is 4.79 Å². The number of terminal acetylenes is 1. The van der Waals surface area contributed by atoms with Gasteiger partial charge in [-0.3, -0.25) is 9.69 Å². The van der Waals surface area contributed by atoms with E-state index in [-0.39, 0.29) is 5.91 Å². The van der Waals surface area contributed by atoms with Gasteiger partial charge in [-0.25, -0.2) is 4.98 Å². The number of carbonyl (C=O) groups is 1. The molecule has 2 aliphatic heterocycles. The van der Waals surface area contributed by atoms with E-state index in [2.05, 4.69) is 54.9 Å². The van der Waals surface area contributed by atoms with E-state index in [4.69, 9.17) is 18.0 Å². The van der Waals surface area contributed by atoms with Crippen molar-refractivity contribution in [1.82, 2.24) is 20.2 Å². The van der Waals surface area contributed by atoms with Crippen LogP contribution in [0.15, 0.2) is 48.7 Å². The molecule has 172 valence electrons. The number of hydrogen-bond donors (Lipinski definition) is 3. The van der Waals surface area contributed by atoms with Gasteiger partial charge in [0.1, 0.15) is 5.02 Å². The van der Waals surface area contributed by atoms with Crippen molar-refractivity contribution in [1.29, 1.82) is 0 Å². The molecule has 2 aromatic carbocycles. The number of aromatic nitrogens is 2. The number of carbonyl (C=O) groups excluding carboxylic acids is 1. The van der Waals surface area contributed by atoms with E-state index in [1.807, 2.05) is 6.07 Å². The third-order valence-electron chi connectivity index (χ3n) is 6.53. The molecular formula is C26H25ClN6O. The van der Waals surface area contributed by atoms with Gasteiger partial charge in [-0.2, -0.15) is 4.98 Å². The summed E-state index contributed by atoms with van der Waals surface area (Å²) in [6.45, 7) is 0.680. The first-order valence-corrected chi connectivity index (χ1v) is 11.6. The van der Waals surface area contributed by atoms with Crippen LogP contribution in [-0.4, -0.2) is 40.4 Å². The molecule has 3 heterocycles. The second-order valence-electron chi connectivity index (χ2n) is 8.51. The second kappa shape index (κ2) is 9.34. The molecule has 2 unspecified atom stereocenters. The van der Waals surface area contributed by atoms with Crippen LogP contribution in [0, 0.1) is 12.3 Å². The van der Waals surface area contributed by atoms with Crippen LogP contribution in [0.3, 0.4) is 0 Å². The molecule has 2 atom stereocenters. The third kappa shape index (κ3) is 4.18. The highest BCUT2D eigenvalue weighted by Crippen LogP contribution is 2.44. The normalized spacial score (nSPS) is 18.6. The van der Waals surface area contributed by atoms with Crippen molar-refractivity contribution in [2.75, 3.05) is 24.2 Å². The fraction of sp³-hybridized carbons (Fsp3) is 0.269. The average Bonchev–Trinajstić information content (AvgIpc) is 3.13. The summed E-state index contributed by atoms with van der Waals surface area (Å²) < 4.78 is 0. The van der Waals surface area contributed by atoms with Gasteiger partial charge in [0.2, 0.25) is 5.95 Å². The molecule has 2 bridgehead atoms. The molecule has 1 saturated heterocycles. The lowest BCUT2D eigenvalue weighted by Crippen LogP contribution is -2.37. The first-order chi connectivity index (χ1) is 16.6. The maximum absolute atomic E-state index is 12.2. The lowest BCUT2D eigenvalue weighted by molar-refractivity contribution is 0.0964. The van der Waals surface area contributed by atoms with Crippen LogP contribution in [-0.2, 0) is 6.42 Å². The van der Waals surface area contributed by atoms with Crippen molar-refractivity contribution < 1.29 is 4.79 Å². The molecule has 2 aliphatic rings. The Labute approximate surface area is 203 Å². The maximum atomic E-state index is 12.2. The molecule has 7 nitrogen and oxygen atoms in total. The largest absolute Gasteiger partial charge is 0.355 e. The number of nitrogens with one attached hydrogen (secondary N) is 3. The second-order valence-corrected chi connectivity index (χ2v) is 8.91. The van der Waals surface area contributed by atoms with Crippen molar-refractivity contribution in [3.8, 4) is 12.3 Å². The van der Waals surface area contributed by atoms with Crippen molar-refractivity contribution in [3.63, 3.8) is 0 Å². The Hall–Kier alpha value is -3.60. The van der Waals surface area contributed by atoms with Crippen LogP contribution in [0.25, 0.3) is 0 Å². The number of rotatable bonds is 6. The predicted molar refractivity (Wildman–Crippen MR) is 135 cm³/mol. The number of amides is 1. The summed E-state index contributed by atoms with van der Waals surface area (Å²) in [5.74, 6) is 3.43. The van der Waals surface area contributed by atoms with Crippen LogP contribution in [0.2, 0.25) is 5.02 Å². The lowest BCUT2D eigenvalue weighted by atomic mass is 9.92. The quantitative estimate of drug-likeness (QED) is 0.452. The first-order valence-electron chi connectivity index (χ1n) is 11.3. The molecule has 0 spiro atoms. The number of nitrogens with zero attached hydrogens (tertiary/aromatic N) is 3. The van der Waals surface area contributed by atoms with Gasteiger partial charge < -0.3 is 16.0 Å². The summed E-state index contributed by atoms with van der Waals surface area (Å²) in [6.07, 6.45) is 10.5. The van der Waals surface area contributed by atoms with Gasteiger partial charge in [0, 0.05) is 24.8 Å².